The van der Waals surface area contributed by atoms with Gasteiger partial charge in [-0.2, -0.15) is 0 Å². The fourth-order valence-corrected chi connectivity index (χ4v) is 20.7. The van der Waals surface area contributed by atoms with Gasteiger partial charge in [0.15, 0.2) is 0 Å². The van der Waals surface area contributed by atoms with E-state index in [1.54, 1.807) is 0 Å². The molecule has 0 spiro atoms. The highest BCUT2D eigenvalue weighted by atomic mass is 35.5. The van der Waals surface area contributed by atoms with Crippen molar-refractivity contribution >= 4 is 62.1 Å². The summed E-state index contributed by atoms with van der Waals surface area (Å²) in [6, 6.07) is 25.4. The van der Waals surface area contributed by atoms with Crippen LogP contribution in [0.5, 0.6) is 0 Å². The first kappa shape index (κ1) is 48.3. The average Bonchev–Trinajstić information content (AvgIpc) is 3.17. The van der Waals surface area contributed by atoms with Crippen LogP contribution in [-0.4, -0.2) is 32.6 Å². The van der Waals surface area contributed by atoms with Crippen molar-refractivity contribution in [2.45, 2.75) is 195 Å². The monoisotopic (exact) mass is 834 g/mol. The molecule has 7 heteroatoms. The lowest BCUT2D eigenvalue weighted by Crippen LogP contribution is -2.37. The van der Waals surface area contributed by atoms with E-state index in [9.17, 15) is 0 Å². The molecule has 0 saturated heterocycles. The summed E-state index contributed by atoms with van der Waals surface area (Å²) in [5.74, 6) is 0. The molecule has 0 atom stereocenters. The van der Waals surface area contributed by atoms with E-state index < -0.39 is 16.1 Å². The van der Waals surface area contributed by atoms with Crippen LogP contribution >= 0.6 is 23.2 Å². The van der Waals surface area contributed by atoms with E-state index in [-0.39, 0.29) is 0 Å². The Morgan fingerprint density at radius 3 is 1.07 bits per heavy atom. The van der Waals surface area contributed by atoms with Crippen molar-refractivity contribution in [2.24, 2.45) is 9.98 Å². The molecule has 1 aromatic heterocycles. The minimum atomic E-state index is -1.77. The van der Waals surface area contributed by atoms with Crippen LogP contribution < -0.4 is 0 Å². The molecule has 0 aliphatic rings. The van der Waals surface area contributed by atoms with E-state index in [1.165, 1.54) is 124 Å². The molecule has 0 aliphatic heterocycles. The fraction of sp³-hybridized carbons (Fsp3) is 0.612. The third-order valence-electron chi connectivity index (χ3n) is 12.1. The molecular weight excluding hydrogens is 758 g/mol. The third kappa shape index (κ3) is 14.6. The number of aromatic nitrogens is 1. The third-order valence-corrected chi connectivity index (χ3v) is 23.3. The summed E-state index contributed by atoms with van der Waals surface area (Å²) in [7, 11) is -3.54. The number of hydrogen-bond donors (Lipinski definition) is 0. The standard InChI is InChI=1S/C49H77Cl2N3Si2/c1-11-17-26-55(27-18-12-2,28-19-13-3)36-46(53-48-40(9)32-38(7)34-42(48)50)44-24-23-25-45(52-44)47(54-49-41(10)33-39(8)35-43(49)51)37-56(29-20-14-4,30-21-15-5)31-22-16-6/h23-25,32-35H,11-22,26-31,36-37H2,1-10H3. The molecule has 0 aliphatic carbocycles. The van der Waals surface area contributed by atoms with Gasteiger partial charge < -0.3 is 0 Å². The average molecular weight is 835 g/mol. The van der Waals surface area contributed by atoms with Crippen LogP contribution in [0.3, 0.4) is 0 Å². The number of aliphatic imine (C=N–C) groups is 2. The Morgan fingerprint density at radius 2 is 0.804 bits per heavy atom. The predicted molar refractivity (Wildman–Crippen MR) is 258 cm³/mol. The SMILES string of the molecule is CCCC[Si](CCCC)(CCCC)CC(=Nc1c(C)cc(C)cc1Cl)c1cccc(C(C[Si](CCCC)(CCCC)CCCC)=Nc2c(C)cc(C)cc2Cl)n1. The van der Waals surface area contributed by atoms with Crippen molar-refractivity contribution in [2.75, 3.05) is 0 Å². The molecule has 0 fully saturated rings. The van der Waals surface area contributed by atoms with E-state index in [1.807, 2.05) is 0 Å². The zero-order valence-electron chi connectivity index (χ0n) is 37.3. The van der Waals surface area contributed by atoms with E-state index in [0.717, 1.165) is 67.4 Å². The summed E-state index contributed by atoms with van der Waals surface area (Å²) in [4.78, 5) is 16.9. The number of nitrogens with zero attached hydrogens (tertiary/aromatic N) is 3. The molecule has 3 aromatic rings. The van der Waals surface area contributed by atoms with Crippen LogP contribution in [0.15, 0.2) is 52.4 Å². The van der Waals surface area contributed by atoms with Crippen molar-refractivity contribution in [3.8, 4) is 0 Å². The number of unbranched alkanes of at least 4 members (excludes halogenated alkanes) is 6. The van der Waals surface area contributed by atoms with Crippen molar-refractivity contribution in [3.05, 3.63) is 86.2 Å². The van der Waals surface area contributed by atoms with Gasteiger partial charge >= 0.3 is 0 Å². The highest BCUT2D eigenvalue weighted by Crippen LogP contribution is 2.39. The molecule has 56 heavy (non-hydrogen) atoms. The van der Waals surface area contributed by atoms with Crippen molar-refractivity contribution in [1.29, 1.82) is 0 Å². The van der Waals surface area contributed by atoms with Gasteiger partial charge in [-0.1, -0.05) is 196 Å². The van der Waals surface area contributed by atoms with Gasteiger partial charge in [-0.05, 0) is 86.3 Å². The quantitative estimate of drug-likeness (QED) is 0.0586. The van der Waals surface area contributed by atoms with Crippen LogP contribution in [0.4, 0.5) is 11.4 Å². The fourth-order valence-electron chi connectivity index (χ4n) is 8.80. The van der Waals surface area contributed by atoms with E-state index in [2.05, 4.69) is 112 Å². The van der Waals surface area contributed by atoms with Crippen molar-refractivity contribution < 1.29 is 0 Å². The molecule has 310 valence electrons. The number of halogens is 2. The Hall–Kier alpha value is -2.06. The highest BCUT2D eigenvalue weighted by molar-refractivity contribution is 6.83. The summed E-state index contributed by atoms with van der Waals surface area (Å²) < 4.78 is 0. The Morgan fingerprint density at radius 1 is 0.500 bits per heavy atom. The van der Waals surface area contributed by atoms with Crippen molar-refractivity contribution in [3.63, 3.8) is 0 Å². The van der Waals surface area contributed by atoms with Crippen molar-refractivity contribution in [1.82, 2.24) is 4.98 Å². The second kappa shape index (κ2) is 24.8. The predicted octanol–water partition coefficient (Wildman–Crippen LogP) is 17.6. The van der Waals surface area contributed by atoms with Gasteiger partial charge in [-0.3, -0.25) is 0 Å². The maximum atomic E-state index is 7.06. The van der Waals surface area contributed by atoms with Crippen LogP contribution in [0, 0.1) is 27.7 Å². The Balaban J connectivity index is 2.38. The lowest BCUT2D eigenvalue weighted by atomic mass is 10.1. The van der Waals surface area contributed by atoms with Gasteiger partial charge in [-0.25, -0.2) is 15.0 Å². The smallest absolute Gasteiger partial charge is 0.0849 e. The van der Waals surface area contributed by atoms with Gasteiger partial charge in [0.1, 0.15) is 0 Å². The molecule has 0 N–H and O–H groups in total. The first-order valence-corrected chi connectivity index (χ1v) is 29.0. The number of pyridine rings is 1. The zero-order chi connectivity index (χ0) is 41.1. The van der Waals surface area contributed by atoms with E-state index in [4.69, 9.17) is 38.2 Å². The van der Waals surface area contributed by atoms with Gasteiger partial charge in [0.2, 0.25) is 0 Å². The topological polar surface area (TPSA) is 37.6 Å². The van der Waals surface area contributed by atoms with Crippen LogP contribution in [0.1, 0.15) is 152 Å². The minimum Gasteiger partial charge on any atom is -0.250 e. The second-order valence-electron chi connectivity index (χ2n) is 17.3. The summed E-state index contributed by atoms with van der Waals surface area (Å²) >= 11 is 14.1. The number of hydrogen-bond acceptors (Lipinski definition) is 3. The minimum absolute atomic E-state index is 0.726. The molecule has 2 aromatic carbocycles. The largest absolute Gasteiger partial charge is 0.250 e. The Labute approximate surface area is 356 Å². The molecular formula is C49H77Cl2N3Si2. The van der Waals surface area contributed by atoms with Gasteiger partial charge in [0.05, 0.1) is 60.4 Å². The first-order chi connectivity index (χ1) is 26.9. The first-order valence-electron chi connectivity index (χ1n) is 22.6. The number of benzene rings is 2. The molecule has 1 heterocycles. The van der Waals surface area contributed by atoms with Crippen LogP contribution in [-0.2, 0) is 0 Å². The Kier molecular flexibility index (Phi) is 21.4. The highest BCUT2D eigenvalue weighted by Gasteiger charge is 2.35. The van der Waals surface area contributed by atoms with Gasteiger partial charge in [-0.15, -0.1) is 0 Å². The van der Waals surface area contributed by atoms with Crippen LogP contribution in [0.2, 0.25) is 58.4 Å². The summed E-state index contributed by atoms with van der Waals surface area (Å²) in [6.07, 6.45) is 15.1. The number of rotatable bonds is 26. The van der Waals surface area contributed by atoms with E-state index >= 15 is 0 Å². The zero-order valence-corrected chi connectivity index (χ0v) is 40.8. The van der Waals surface area contributed by atoms with Gasteiger partial charge in [0, 0.05) is 0 Å². The van der Waals surface area contributed by atoms with Crippen LogP contribution in [0.25, 0.3) is 0 Å². The second-order valence-corrected chi connectivity index (χ2v) is 27.8. The lowest BCUT2D eigenvalue weighted by Gasteiger charge is -2.33. The molecule has 0 radical (unpaired) electrons. The molecule has 0 amide bonds. The van der Waals surface area contributed by atoms with Gasteiger partial charge in [0.25, 0.3) is 0 Å². The Bertz CT molecular complexity index is 1500. The maximum Gasteiger partial charge on any atom is 0.0849 e. The molecule has 0 saturated carbocycles. The summed E-state index contributed by atoms with van der Waals surface area (Å²) in [5.41, 5.74) is 10.6. The molecule has 0 bridgehead atoms. The summed E-state index contributed by atoms with van der Waals surface area (Å²) in [6.45, 7) is 22.6. The number of aryl methyl sites for hydroxylation is 4. The maximum absolute atomic E-state index is 7.06. The molecule has 3 nitrogen and oxygen atoms in total. The summed E-state index contributed by atoms with van der Waals surface area (Å²) in [5, 5.41) is 1.45. The molecule has 3 rings (SSSR count). The normalized spacial score (nSPS) is 12.9. The molecule has 0 unspecified atom stereocenters. The van der Waals surface area contributed by atoms with E-state index in [0.29, 0.717) is 0 Å². The lowest BCUT2D eigenvalue weighted by molar-refractivity contribution is 0.791.